The molecule has 1 heterocycles. The molecule has 1 amide bonds. The molecule has 2 fully saturated rings. The van der Waals surface area contributed by atoms with E-state index in [9.17, 15) is 4.79 Å². The minimum Gasteiger partial charge on any atom is -0.497 e. The second-order valence-corrected chi connectivity index (χ2v) is 8.10. The van der Waals surface area contributed by atoms with Crippen LogP contribution in [0.4, 0.5) is 0 Å². The molecule has 0 spiro atoms. The van der Waals surface area contributed by atoms with E-state index in [4.69, 9.17) is 9.73 Å². The lowest BCUT2D eigenvalue weighted by Crippen LogP contribution is -2.36. The van der Waals surface area contributed by atoms with Gasteiger partial charge < -0.3 is 15.0 Å². The molecular weight excluding hydrogens is 382 g/mol. The molecule has 5 nitrogen and oxygen atoms in total. The van der Waals surface area contributed by atoms with Gasteiger partial charge in [-0.1, -0.05) is 43.2 Å². The first-order valence-corrected chi connectivity index (χ1v) is 10.5. The summed E-state index contributed by atoms with van der Waals surface area (Å²) < 4.78 is 5.15. The molecule has 1 unspecified atom stereocenters. The Morgan fingerprint density at radius 2 is 1.96 bits per heavy atom. The van der Waals surface area contributed by atoms with Gasteiger partial charge >= 0.3 is 0 Å². The Kier molecular flexibility index (Phi) is 8.77. The molecule has 0 radical (unpaired) electrons. The van der Waals surface area contributed by atoms with Gasteiger partial charge in [-0.25, -0.2) is 0 Å². The number of ether oxygens (including phenoxy) is 1. The van der Waals surface area contributed by atoms with Crippen LogP contribution in [0.1, 0.15) is 44.1 Å². The van der Waals surface area contributed by atoms with Crippen molar-refractivity contribution in [3.05, 3.63) is 29.8 Å². The minimum atomic E-state index is 0. The molecule has 150 valence electrons. The number of amidine groups is 1. The van der Waals surface area contributed by atoms with Crippen LogP contribution in [0.5, 0.6) is 5.75 Å². The highest BCUT2D eigenvalue weighted by Gasteiger charge is 2.29. The van der Waals surface area contributed by atoms with Gasteiger partial charge in [-0.15, -0.1) is 12.4 Å². The molecule has 1 aliphatic heterocycles. The summed E-state index contributed by atoms with van der Waals surface area (Å²) in [4.78, 5) is 19.5. The molecular formula is C20H30ClN3O2S. The van der Waals surface area contributed by atoms with Gasteiger partial charge in [-0.3, -0.25) is 9.79 Å². The highest BCUT2D eigenvalue weighted by Crippen LogP contribution is 2.28. The predicted molar refractivity (Wildman–Crippen MR) is 115 cm³/mol. The summed E-state index contributed by atoms with van der Waals surface area (Å²) in [7, 11) is 3.72. The number of amides is 1. The second kappa shape index (κ2) is 10.8. The number of methoxy groups -OCH3 is 1. The molecule has 1 aromatic rings. The van der Waals surface area contributed by atoms with Gasteiger partial charge in [0.25, 0.3) is 0 Å². The average molecular weight is 412 g/mol. The topological polar surface area (TPSA) is 53.9 Å². The predicted octanol–water partition coefficient (Wildman–Crippen LogP) is 3.86. The second-order valence-electron chi connectivity index (χ2n) is 7.11. The van der Waals surface area contributed by atoms with Crippen molar-refractivity contribution in [2.45, 2.75) is 57.2 Å². The number of aliphatic imine (C=N–C) groups is 1. The third kappa shape index (κ3) is 6.32. The van der Waals surface area contributed by atoms with Gasteiger partial charge in [0.2, 0.25) is 5.91 Å². The number of nitrogens with zero attached hydrogens (tertiary/aromatic N) is 2. The number of thioether (sulfide) groups is 1. The average Bonchev–Trinajstić information content (AvgIpc) is 3.01. The lowest BCUT2D eigenvalue weighted by atomic mass is 9.96. The highest BCUT2D eigenvalue weighted by molar-refractivity contribution is 8.14. The fourth-order valence-corrected chi connectivity index (χ4v) is 4.72. The zero-order chi connectivity index (χ0) is 18.4. The number of nitrogens with one attached hydrogen (secondary N) is 1. The van der Waals surface area contributed by atoms with Crippen LogP contribution in [-0.2, 0) is 11.3 Å². The number of hydrogen-bond donors (Lipinski definition) is 1. The Hall–Kier alpha value is -1.40. The number of carbonyl (C=O) groups excluding carboxylic acids is 1. The van der Waals surface area contributed by atoms with Gasteiger partial charge in [0, 0.05) is 31.8 Å². The van der Waals surface area contributed by atoms with Crippen LogP contribution in [0.15, 0.2) is 29.3 Å². The van der Waals surface area contributed by atoms with E-state index in [2.05, 4.69) is 17.3 Å². The Labute approximate surface area is 172 Å². The van der Waals surface area contributed by atoms with Crippen LogP contribution in [-0.4, -0.2) is 48.0 Å². The first kappa shape index (κ1) is 21.9. The van der Waals surface area contributed by atoms with Crippen molar-refractivity contribution >= 4 is 35.2 Å². The van der Waals surface area contributed by atoms with E-state index >= 15 is 0 Å². The number of carbonyl (C=O) groups is 1. The van der Waals surface area contributed by atoms with Crippen molar-refractivity contribution in [2.24, 2.45) is 4.99 Å². The standard InChI is InChI=1S/C20H29N3O2S.ClH/c1-23-17(14-26-20(23)22-16-6-4-3-5-7-16)12-19(24)21-13-15-8-10-18(25-2)11-9-15;/h8-11,16-17H,3-7,12-14H2,1-2H3,(H,21,24);1H/b22-20-;. The number of rotatable bonds is 6. The lowest BCUT2D eigenvalue weighted by molar-refractivity contribution is -0.121. The Balaban J connectivity index is 0.00000261. The normalized spacial score (nSPS) is 21.8. The van der Waals surface area contributed by atoms with Crippen molar-refractivity contribution in [3.8, 4) is 5.75 Å². The lowest BCUT2D eigenvalue weighted by Gasteiger charge is -2.23. The molecule has 27 heavy (non-hydrogen) atoms. The zero-order valence-electron chi connectivity index (χ0n) is 16.1. The summed E-state index contributed by atoms with van der Waals surface area (Å²) in [6.45, 7) is 0.551. The smallest absolute Gasteiger partial charge is 0.222 e. The fourth-order valence-electron chi connectivity index (χ4n) is 3.46. The molecule has 0 bridgehead atoms. The van der Waals surface area contributed by atoms with E-state index in [1.54, 1.807) is 18.9 Å². The number of benzene rings is 1. The Bertz CT molecular complexity index is 633. The van der Waals surface area contributed by atoms with E-state index in [0.717, 1.165) is 22.2 Å². The SMILES string of the molecule is COc1ccc(CNC(=O)CC2CS/C(=N\C3CCCCC3)N2C)cc1.Cl. The summed E-state index contributed by atoms with van der Waals surface area (Å²) in [5, 5.41) is 4.14. The maximum Gasteiger partial charge on any atom is 0.222 e. The number of hydrogen-bond acceptors (Lipinski definition) is 4. The molecule has 1 aliphatic carbocycles. The summed E-state index contributed by atoms with van der Waals surface area (Å²) >= 11 is 1.79. The largest absolute Gasteiger partial charge is 0.497 e. The molecule has 1 N–H and O–H groups in total. The molecule has 2 aliphatic rings. The summed E-state index contributed by atoms with van der Waals surface area (Å²) in [5.41, 5.74) is 1.08. The molecule has 7 heteroatoms. The van der Waals surface area contributed by atoms with E-state index in [1.165, 1.54) is 32.1 Å². The molecule has 0 aromatic heterocycles. The van der Waals surface area contributed by atoms with Gasteiger partial charge in [0.15, 0.2) is 5.17 Å². The highest BCUT2D eigenvalue weighted by atomic mass is 35.5. The van der Waals surface area contributed by atoms with Gasteiger partial charge in [0.1, 0.15) is 5.75 Å². The summed E-state index contributed by atoms with van der Waals surface area (Å²) in [5.74, 6) is 1.87. The van der Waals surface area contributed by atoms with Crippen LogP contribution in [0.2, 0.25) is 0 Å². The van der Waals surface area contributed by atoms with Crippen molar-refractivity contribution in [2.75, 3.05) is 19.9 Å². The summed E-state index contributed by atoms with van der Waals surface area (Å²) in [6, 6.07) is 8.50. The van der Waals surface area contributed by atoms with Gasteiger partial charge in [-0.05, 0) is 30.5 Å². The van der Waals surface area contributed by atoms with Crippen molar-refractivity contribution < 1.29 is 9.53 Å². The quantitative estimate of drug-likeness (QED) is 0.772. The van der Waals surface area contributed by atoms with Crippen LogP contribution < -0.4 is 10.1 Å². The third-order valence-corrected chi connectivity index (χ3v) is 6.39. The van der Waals surface area contributed by atoms with E-state index in [-0.39, 0.29) is 24.4 Å². The van der Waals surface area contributed by atoms with Crippen molar-refractivity contribution in [1.29, 1.82) is 0 Å². The van der Waals surface area contributed by atoms with Gasteiger partial charge in [0.05, 0.1) is 13.2 Å². The zero-order valence-corrected chi connectivity index (χ0v) is 17.8. The molecule has 3 rings (SSSR count). The van der Waals surface area contributed by atoms with Gasteiger partial charge in [-0.2, -0.15) is 0 Å². The van der Waals surface area contributed by atoms with Crippen LogP contribution >= 0.6 is 24.2 Å². The third-order valence-electron chi connectivity index (χ3n) is 5.19. The monoisotopic (exact) mass is 411 g/mol. The first-order chi connectivity index (χ1) is 12.7. The molecule has 1 aromatic carbocycles. The van der Waals surface area contributed by atoms with E-state index < -0.39 is 0 Å². The Morgan fingerprint density at radius 1 is 1.26 bits per heavy atom. The van der Waals surface area contributed by atoms with Crippen LogP contribution in [0.25, 0.3) is 0 Å². The fraction of sp³-hybridized carbons (Fsp3) is 0.600. The maximum absolute atomic E-state index is 12.3. The van der Waals surface area contributed by atoms with Crippen LogP contribution in [0, 0.1) is 0 Å². The maximum atomic E-state index is 12.3. The van der Waals surface area contributed by atoms with Crippen molar-refractivity contribution in [3.63, 3.8) is 0 Å². The van der Waals surface area contributed by atoms with E-state index in [0.29, 0.717) is 19.0 Å². The van der Waals surface area contributed by atoms with E-state index in [1.807, 2.05) is 24.3 Å². The Morgan fingerprint density at radius 3 is 2.63 bits per heavy atom. The molecule has 1 saturated heterocycles. The molecule has 1 saturated carbocycles. The first-order valence-electron chi connectivity index (χ1n) is 9.49. The van der Waals surface area contributed by atoms with Crippen LogP contribution in [0.3, 0.4) is 0 Å². The minimum absolute atomic E-state index is 0. The summed E-state index contributed by atoms with van der Waals surface area (Å²) in [6.07, 6.45) is 6.89. The molecule has 1 atom stereocenters. The van der Waals surface area contributed by atoms with Crippen molar-refractivity contribution in [1.82, 2.24) is 10.2 Å². The number of halogens is 1.